The van der Waals surface area contributed by atoms with Crippen molar-refractivity contribution in [1.82, 2.24) is 14.9 Å². The van der Waals surface area contributed by atoms with Crippen LogP contribution in [0.15, 0.2) is 66.7 Å². The lowest BCUT2D eigenvalue weighted by Crippen LogP contribution is -2.46. The molecule has 0 fully saturated rings. The van der Waals surface area contributed by atoms with Crippen molar-refractivity contribution in [3.05, 3.63) is 83.7 Å². The topological polar surface area (TPSA) is 120 Å². The number of urea groups is 1. The van der Waals surface area contributed by atoms with E-state index in [9.17, 15) is 19.2 Å². The standard InChI is InChI=1S/C33H35ClN4O6/c1-4-6-14-28-35-26-12-9-11-25(32(41)43-3)31(26)38(28)20-22-15-17-23(18-16-22)24-10-7-8-13-27(24)37(21-30(40)44-5-2)33(42)36-29(39)19-34/h7-13,15-18H,4-6,14,19-21H2,1-3H3,(H,36,39,42). The second-order valence-electron chi connectivity index (χ2n) is 9.97. The summed E-state index contributed by atoms with van der Waals surface area (Å²) < 4.78 is 12.2. The van der Waals surface area contributed by atoms with Gasteiger partial charge in [0.2, 0.25) is 5.91 Å². The zero-order valence-corrected chi connectivity index (χ0v) is 25.7. The van der Waals surface area contributed by atoms with Gasteiger partial charge in [-0.25, -0.2) is 14.6 Å². The molecule has 3 amide bonds. The molecule has 230 valence electrons. The number of rotatable bonds is 12. The molecular weight excluding hydrogens is 584 g/mol. The number of alkyl halides is 1. The Labute approximate surface area is 260 Å². The monoisotopic (exact) mass is 618 g/mol. The number of methoxy groups -OCH3 is 1. The Morgan fingerprint density at radius 3 is 2.41 bits per heavy atom. The molecule has 3 aromatic carbocycles. The van der Waals surface area contributed by atoms with Crippen LogP contribution in [0.1, 0.15) is 48.4 Å². The van der Waals surface area contributed by atoms with Crippen LogP contribution >= 0.6 is 11.6 Å². The highest BCUT2D eigenvalue weighted by Crippen LogP contribution is 2.32. The maximum atomic E-state index is 13.1. The number of benzene rings is 3. The van der Waals surface area contributed by atoms with Gasteiger partial charge in [0.15, 0.2) is 0 Å². The summed E-state index contributed by atoms with van der Waals surface area (Å²) >= 11 is 5.59. The molecule has 4 rings (SSSR count). The summed E-state index contributed by atoms with van der Waals surface area (Å²) in [5, 5.41) is 2.21. The second kappa shape index (κ2) is 15.2. The first-order valence-corrected chi connectivity index (χ1v) is 14.9. The van der Waals surface area contributed by atoms with Crippen molar-refractivity contribution in [1.29, 1.82) is 0 Å². The largest absolute Gasteiger partial charge is 0.465 e. The van der Waals surface area contributed by atoms with E-state index >= 15 is 0 Å². The van der Waals surface area contributed by atoms with Crippen molar-refractivity contribution < 1.29 is 28.7 Å². The number of ether oxygens (including phenoxy) is 2. The minimum atomic E-state index is -0.791. The Hall–Kier alpha value is -4.70. The van der Waals surface area contributed by atoms with Crippen molar-refractivity contribution in [3.8, 4) is 11.1 Å². The van der Waals surface area contributed by atoms with Gasteiger partial charge >= 0.3 is 18.0 Å². The van der Waals surface area contributed by atoms with Crippen LogP contribution in [0, 0.1) is 0 Å². The molecule has 0 unspecified atom stereocenters. The Morgan fingerprint density at radius 1 is 0.977 bits per heavy atom. The van der Waals surface area contributed by atoms with E-state index in [1.54, 1.807) is 31.2 Å². The van der Waals surface area contributed by atoms with Gasteiger partial charge in [-0.2, -0.15) is 0 Å². The molecule has 0 spiro atoms. The second-order valence-corrected chi connectivity index (χ2v) is 10.2. The number of nitrogens with one attached hydrogen (secondary N) is 1. The van der Waals surface area contributed by atoms with Crippen LogP contribution in [0.2, 0.25) is 0 Å². The number of amides is 3. The molecule has 0 saturated carbocycles. The van der Waals surface area contributed by atoms with Gasteiger partial charge in [-0.1, -0.05) is 61.9 Å². The summed E-state index contributed by atoms with van der Waals surface area (Å²) in [5.41, 5.74) is 4.76. The molecule has 44 heavy (non-hydrogen) atoms. The van der Waals surface area contributed by atoms with E-state index in [1.807, 2.05) is 42.5 Å². The predicted molar refractivity (Wildman–Crippen MR) is 169 cm³/mol. The molecule has 1 N–H and O–H groups in total. The van der Waals surface area contributed by atoms with Crippen molar-refractivity contribution in [2.75, 3.05) is 31.0 Å². The lowest BCUT2D eigenvalue weighted by atomic mass is 10.0. The van der Waals surface area contributed by atoms with E-state index in [1.165, 1.54) is 7.11 Å². The van der Waals surface area contributed by atoms with E-state index in [4.69, 9.17) is 26.1 Å². The Morgan fingerprint density at radius 2 is 1.73 bits per heavy atom. The molecule has 1 heterocycles. The zero-order valence-electron chi connectivity index (χ0n) is 25.0. The third-order valence-corrected chi connectivity index (χ3v) is 7.25. The first-order chi connectivity index (χ1) is 21.3. The average molecular weight is 619 g/mol. The number of fused-ring (bicyclic) bond motifs is 1. The van der Waals surface area contributed by atoms with Crippen LogP contribution in [0.4, 0.5) is 10.5 Å². The summed E-state index contributed by atoms with van der Waals surface area (Å²) in [4.78, 5) is 56.0. The number of unbranched alkanes of at least 4 members (excludes halogenated alkanes) is 1. The highest BCUT2D eigenvalue weighted by atomic mass is 35.5. The number of nitrogens with zero attached hydrogens (tertiary/aromatic N) is 3. The molecular formula is C33H35ClN4O6. The molecule has 0 saturated heterocycles. The van der Waals surface area contributed by atoms with Gasteiger partial charge in [-0.05, 0) is 42.7 Å². The first kappa shape index (κ1) is 32.2. The highest BCUT2D eigenvalue weighted by Gasteiger charge is 2.24. The number of anilines is 1. The number of aryl methyl sites for hydroxylation is 1. The maximum Gasteiger partial charge on any atom is 0.340 e. The SMILES string of the molecule is CCCCc1nc2cccc(C(=O)OC)c2n1Cc1ccc(-c2ccccc2N(CC(=O)OCC)C(=O)NC(=O)CCl)cc1. The molecule has 0 aliphatic carbocycles. The summed E-state index contributed by atoms with van der Waals surface area (Å²) in [5.74, 6) is -1.25. The van der Waals surface area contributed by atoms with Crippen LogP contribution in [0.5, 0.6) is 0 Å². The quantitative estimate of drug-likeness (QED) is 0.159. The Kier molecular flexibility index (Phi) is 11.1. The molecule has 1 aromatic heterocycles. The number of esters is 2. The van der Waals surface area contributed by atoms with Crippen molar-refractivity contribution >= 4 is 52.2 Å². The smallest absolute Gasteiger partial charge is 0.340 e. The van der Waals surface area contributed by atoms with E-state index in [-0.39, 0.29) is 6.61 Å². The van der Waals surface area contributed by atoms with Crippen molar-refractivity contribution in [2.45, 2.75) is 39.7 Å². The lowest BCUT2D eigenvalue weighted by Gasteiger charge is -2.24. The Bertz CT molecular complexity index is 1650. The highest BCUT2D eigenvalue weighted by molar-refractivity contribution is 6.28. The molecule has 10 nitrogen and oxygen atoms in total. The van der Waals surface area contributed by atoms with Gasteiger partial charge in [0, 0.05) is 18.5 Å². The van der Waals surface area contributed by atoms with Crippen LogP contribution < -0.4 is 10.2 Å². The molecule has 0 radical (unpaired) electrons. The molecule has 11 heteroatoms. The normalized spacial score (nSPS) is 10.8. The number of halogens is 1. The summed E-state index contributed by atoms with van der Waals surface area (Å²) in [6, 6.07) is 19.5. The third-order valence-electron chi connectivity index (χ3n) is 7.01. The first-order valence-electron chi connectivity index (χ1n) is 14.4. The van der Waals surface area contributed by atoms with Gasteiger partial charge < -0.3 is 14.0 Å². The van der Waals surface area contributed by atoms with Crippen LogP contribution in [0.25, 0.3) is 22.2 Å². The van der Waals surface area contributed by atoms with Gasteiger partial charge in [0.05, 0.1) is 36.0 Å². The summed E-state index contributed by atoms with van der Waals surface area (Å²) in [6.07, 6.45) is 2.73. The minimum absolute atomic E-state index is 0.144. The van der Waals surface area contributed by atoms with Gasteiger partial charge in [0.25, 0.3) is 0 Å². The summed E-state index contributed by atoms with van der Waals surface area (Å²) in [6.45, 7) is 4.01. The number of carbonyl (C=O) groups is 4. The zero-order chi connectivity index (χ0) is 31.6. The molecule has 4 aromatic rings. The fraction of sp³-hybridized carbons (Fsp3) is 0.303. The number of para-hydroxylation sites is 2. The number of aromatic nitrogens is 2. The lowest BCUT2D eigenvalue weighted by molar-refractivity contribution is -0.141. The van der Waals surface area contributed by atoms with Crippen LogP contribution in [0.3, 0.4) is 0 Å². The number of hydrogen-bond donors (Lipinski definition) is 1. The number of hydrogen-bond acceptors (Lipinski definition) is 7. The van der Waals surface area contributed by atoms with Crippen molar-refractivity contribution in [2.24, 2.45) is 0 Å². The van der Waals surface area contributed by atoms with Gasteiger partial charge in [-0.15, -0.1) is 11.6 Å². The predicted octanol–water partition coefficient (Wildman–Crippen LogP) is 5.73. The van der Waals surface area contributed by atoms with Gasteiger partial charge in [-0.3, -0.25) is 19.8 Å². The van der Waals surface area contributed by atoms with Crippen molar-refractivity contribution in [3.63, 3.8) is 0 Å². The van der Waals surface area contributed by atoms with E-state index in [2.05, 4.69) is 16.8 Å². The maximum absolute atomic E-state index is 13.1. The fourth-order valence-electron chi connectivity index (χ4n) is 4.95. The average Bonchev–Trinajstić information content (AvgIpc) is 3.39. The molecule has 0 aliphatic heterocycles. The summed E-state index contributed by atoms with van der Waals surface area (Å²) in [7, 11) is 1.36. The van der Waals surface area contributed by atoms with E-state index in [0.717, 1.165) is 52.1 Å². The van der Waals surface area contributed by atoms with Crippen LogP contribution in [-0.2, 0) is 32.0 Å². The number of imidazole rings is 1. The fourth-order valence-corrected chi connectivity index (χ4v) is 5.02. The minimum Gasteiger partial charge on any atom is -0.465 e. The number of carbonyl (C=O) groups excluding carboxylic acids is 4. The molecule has 0 aliphatic rings. The van der Waals surface area contributed by atoms with E-state index in [0.29, 0.717) is 23.4 Å². The molecule has 0 bridgehead atoms. The molecule has 0 atom stereocenters. The number of imide groups is 1. The third kappa shape index (κ3) is 7.44. The Balaban J connectivity index is 1.70. The van der Waals surface area contributed by atoms with Crippen LogP contribution in [-0.4, -0.2) is 59.6 Å². The van der Waals surface area contributed by atoms with Gasteiger partial charge in [0.1, 0.15) is 18.2 Å². The van der Waals surface area contributed by atoms with E-state index < -0.39 is 36.3 Å².